The minimum Gasteiger partial charge on any atom is -0.368 e. The van der Waals surface area contributed by atoms with Crippen molar-refractivity contribution < 1.29 is 14.0 Å². The van der Waals surface area contributed by atoms with E-state index in [4.69, 9.17) is 5.73 Å². The summed E-state index contributed by atoms with van der Waals surface area (Å²) in [6, 6.07) is 6.22. The van der Waals surface area contributed by atoms with E-state index in [0.717, 1.165) is 32.4 Å². The van der Waals surface area contributed by atoms with Crippen molar-refractivity contribution in [2.75, 3.05) is 19.6 Å². The van der Waals surface area contributed by atoms with E-state index in [0.29, 0.717) is 25.1 Å². The van der Waals surface area contributed by atoms with Crippen LogP contribution < -0.4 is 11.1 Å². The maximum Gasteiger partial charge on any atom is 0.318 e. The number of carbonyl (C=O) groups excluding carboxylic acids is 2. The van der Waals surface area contributed by atoms with Crippen LogP contribution in [0.4, 0.5) is 9.18 Å². The molecule has 25 heavy (non-hydrogen) atoms. The van der Waals surface area contributed by atoms with Gasteiger partial charge in [0, 0.05) is 37.8 Å². The van der Waals surface area contributed by atoms with Gasteiger partial charge in [0.2, 0.25) is 5.91 Å². The molecule has 2 aliphatic rings. The molecule has 136 valence electrons. The molecular weight excluding hydrogens is 323 g/mol. The number of primary amides is 1. The number of rotatable bonds is 4. The molecule has 3 rings (SSSR count). The third kappa shape index (κ3) is 4.28. The van der Waals surface area contributed by atoms with Crippen molar-refractivity contribution >= 4 is 11.9 Å². The van der Waals surface area contributed by atoms with Gasteiger partial charge in [-0.15, -0.1) is 0 Å². The SMILES string of the molecule is NC(=O)[C@H]1CCCN1C(=O)NC1CCN(Cc2ccccc2F)CC1. The van der Waals surface area contributed by atoms with Gasteiger partial charge in [0.15, 0.2) is 0 Å². The second-order valence-electron chi connectivity index (χ2n) is 6.85. The van der Waals surface area contributed by atoms with Gasteiger partial charge in [-0.25, -0.2) is 9.18 Å². The molecule has 2 saturated heterocycles. The Hall–Kier alpha value is -2.15. The minimum absolute atomic E-state index is 0.0819. The third-order valence-electron chi connectivity index (χ3n) is 5.11. The van der Waals surface area contributed by atoms with Gasteiger partial charge >= 0.3 is 6.03 Å². The Labute approximate surface area is 147 Å². The number of nitrogens with zero attached hydrogens (tertiary/aromatic N) is 2. The molecule has 0 spiro atoms. The van der Waals surface area contributed by atoms with Crippen LogP contribution in [0.5, 0.6) is 0 Å². The molecule has 2 aliphatic heterocycles. The number of nitrogens with two attached hydrogens (primary N) is 1. The van der Waals surface area contributed by atoms with E-state index >= 15 is 0 Å². The molecule has 0 bridgehead atoms. The Kier molecular flexibility index (Phi) is 5.53. The molecule has 1 atom stereocenters. The lowest BCUT2D eigenvalue weighted by Crippen LogP contribution is -2.52. The first-order chi connectivity index (χ1) is 12.0. The summed E-state index contributed by atoms with van der Waals surface area (Å²) >= 11 is 0. The Bertz CT molecular complexity index is 631. The van der Waals surface area contributed by atoms with Crippen molar-refractivity contribution in [1.82, 2.24) is 15.1 Å². The highest BCUT2D eigenvalue weighted by atomic mass is 19.1. The highest BCUT2D eigenvalue weighted by Crippen LogP contribution is 2.19. The lowest BCUT2D eigenvalue weighted by atomic mass is 10.0. The molecule has 0 aliphatic carbocycles. The zero-order chi connectivity index (χ0) is 17.8. The Balaban J connectivity index is 1.47. The number of carbonyl (C=O) groups is 2. The quantitative estimate of drug-likeness (QED) is 0.864. The maximum absolute atomic E-state index is 13.7. The van der Waals surface area contributed by atoms with E-state index in [2.05, 4.69) is 10.2 Å². The molecule has 2 heterocycles. The second kappa shape index (κ2) is 7.82. The number of urea groups is 1. The zero-order valence-electron chi connectivity index (χ0n) is 14.3. The summed E-state index contributed by atoms with van der Waals surface area (Å²) in [4.78, 5) is 27.6. The van der Waals surface area contributed by atoms with Crippen LogP contribution in [-0.2, 0) is 11.3 Å². The normalized spacial score (nSPS) is 22.1. The lowest BCUT2D eigenvalue weighted by Gasteiger charge is -2.34. The van der Waals surface area contributed by atoms with E-state index in [-0.39, 0.29) is 17.9 Å². The molecule has 7 heteroatoms. The molecule has 2 fully saturated rings. The topological polar surface area (TPSA) is 78.7 Å². The average molecular weight is 348 g/mol. The smallest absolute Gasteiger partial charge is 0.318 e. The largest absolute Gasteiger partial charge is 0.368 e. The monoisotopic (exact) mass is 348 g/mol. The average Bonchev–Trinajstić information content (AvgIpc) is 3.09. The van der Waals surface area contributed by atoms with E-state index in [1.165, 1.54) is 6.07 Å². The van der Waals surface area contributed by atoms with Crippen LogP contribution in [0.15, 0.2) is 24.3 Å². The fraction of sp³-hybridized carbons (Fsp3) is 0.556. The molecule has 0 saturated carbocycles. The van der Waals surface area contributed by atoms with Gasteiger partial charge in [-0.3, -0.25) is 9.69 Å². The van der Waals surface area contributed by atoms with Crippen molar-refractivity contribution in [2.24, 2.45) is 5.73 Å². The summed E-state index contributed by atoms with van der Waals surface area (Å²) in [6.07, 6.45) is 3.08. The fourth-order valence-corrected chi connectivity index (χ4v) is 3.67. The van der Waals surface area contributed by atoms with E-state index in [1.54, 1.807) is 17.0 Å². The molecule has 1 aromatic rings. The van der Waals surface area contributed by atoms with Crippen molar-refractivity contribution in [2.45, 2.75) is 44.3 Å². The molecule has 1 aromatic carbocycles. The van der Waals surface area contributed by atoms with Gasteiger partial charge in [0.05, 0.1) is 0 Å². The number of hydrogen-bond donors (Lipinski definition) is 2. The van der Waals surface area contributed by atoms with Gasteiger partial charge < -0.3 is 16.0 Å². The summed E-state index contributed by atoms with van der Waals surface area (Å²) < 4.78 is 13.7. The summed E-state index contributed by atoms with van der Waals surface area (Å²) in [5.74, 6) is -0.614. The van der Waals surface area contributed by atoms with Crippen molar-refractivity contribution in [3.05, 3.63) is 35.6 Å². The lowest BCUT2D eigenvalue weighted by molar-refractivity contribution is -0.121. The number of amides is 3. The van der Waals surface area contributed by atoms with Crippen molar-refractivity contribution in [3.63, 3.8) is 0 Å². The highest BCUT2D eigenvalue weighted by molar-refractivity contribution is 5.86. The second-order valence-corrected chi connectivity index (χ2v) is 6.85. The Morgan fingerprint density at radius 2 is 1.88 bits per heavy atom. The Morgan fingerprint density at radius 3 is 2.56 bits per heavy atom. The van der Waals surface area contributed by atoms with Crippen LogP contribution in [0.2, 0.25) is 0 Å². The number of benzene rings is 1. The summed E-state index contributed by atoms with van der Waals surface area (Å²) in [7, 11) is 0. The van der Waals surface area contributed by atoms with Crippen LogP contribution in [0, 0.1) is 5.82 Å². The standard InChI is InChI=1S/C18H25FN4O2/c19-15-5-2-1-4-13(15)12-22-10-7-14(8-11-22)21-18(25)23-9-3-6-16(23)17(20)24/h1-2,4-5,14,16H,3,6-12H2,(H2,20,24)(H,21,25)/t16-/m1/s1. The minimum atomic E-state index is -0.485. The molecular formula is C18H25FN4O2. The third-order valence-corrected chi connectivity index (χ3v) is 5.11. The van der Waals surface area contributed by atoms with Crippen LogP contribution in [0.3, 0.4) is 0 Å². The predicted molar refractivity (Wildman–Crippen MR) is 92.2 cm³/mol. The maximum atomic E-state index is 13.7. The zero-order valence-corrected chi connectivity index (χ0v) is 14.3. The summed E-state index contributed by atoms with van der Waals surface area (Å²) in [6.45, 7) is 2.77. The molecule has 0 unspecified atom stereocenters. The van der Waals surface area contributed by atoms with E-state index < -0.39 is 11.9 Å². The predicted octanol–water partition coefficient (Wildman–Crippen LogP) is 1.45. The number of hydrogen-bond acceptors (Lipinski definition) is 3. The molecule has 0 aromatic heterocycles. The number of likely N-dealkylation sites (tertiary alicyclic amines) is 2. The van der Waals surface area contributed by atoms with Crippen LogP contribution >= 0.6 is 0 Å². The van der Waals surface area contributed by atoms with Gasteiger partial charge in [-0.05, 0) is 31.7 Å². The number of piperidine rings is 1. The molecule has 6 nitrogen and oxygen atoms in total. The van der Waals surface area contributed by atoms with Crippen molar-refractivity contribution in [3.8, 4) is 0 Å². The van der Waals surface area contributed by atoms with Crippen molar-refractivity contribution in [1.29, 1.82) is 0 Å². The van der Waals surface area contributed by atoms with Crippen LogP contribution in [0.1, 0.15) is 31.2 Å². The number of nitrogens with one attached hydrogen (secondary N) is 1. The van der Waals surface area contributed by atoms with Gasteiger partial charge in [-0.2, -0.15) is 0 Å². The summed E-state index contributed by atoms with van der Waals surface area (Å²) in [5, 5.41) is 3.02. The van der Waals surface area contributed by atoms with Crippen LogP contribution in [0.25, 0.3) is 0 Å². The highest BCUT2D eigenvalue weighted by Gasteiger charge is 2.33. The van der Waals surface area contributed by atoms with Gasteiger partial charge in [-0.1, -0.05) is 18.2 Å². The van der Waals surface area contributed by atoms with Gasteiger partial charge in [0.1, 0.15) is 11.9 Å². The van der Waals surface area contributed by atoms with Crippen LogP contribution in [-0.4, -0.2) is 53.5 Å². The first kappa shape index (κ1) is 17.7. The fourth-order valence-electron chi connectivity index (χ4n) is 3.67. The summed E-state index contributed by atoms with van der Waals surface area (Å²) in [5.41, 5.74) is 6.07. The molecule has 3 N–H and O–H groups in total. The van der Waals surface area contributed by atoms with E-state index in [1.807, 2.05) is 6.07 Å². The Morgan fingerprint density at radius 1 is 1.16 bits per heavy atom. The first-order valence-electron chi connectivity index (χ1n) is 8.87. The first-order valence-corrected chi connectivity index (χ1v) is 8.87. The molecule has 0 radical (unpaired) electrons. The van der Waals surface area contributed by atoms with Gasteiger partial charge in [0.25, 0.3) is 0 Å². The van der Waals surface area contributed by atoms with E-state index in [9.17, 15) is 14.0 Å². The molecule has 3 amide bonds. The number of halogens is 1.